The topological polar surface area (TPSA) is 15.3 Å². The molecule has 0 fully saturated rings. The van der Waals surface area contributed by atoms with Crippen molar-refractivity contribution in [2.75, 3.05) is 38.7 Å². The van der Waals surface area contributed by atoms with Crippen LogP contribution in [0.3, 0.4) is 0 Å². The minimum Gasteiger partial charge on any atom is -0.316 e. The second-order valence-electron chi connectivity index (χ2n) is 6.41. The first-order valence-electron chi connectivity index (χ1n) is 7.24. The molecule has 0 aliphatic rings. The molecule has 0 amide bonds. The van der Waals surface area contributed by atoms with Crippen LogP contribution in [0.4, 0.5) is 0 Å². The van der Waals surface area contributed by atoms with Gasteiger partial charge in [-0.3, -0.25) is 0 Å². The van der Waals surface area contributed by atoms with E-state index in [1.807, 2.05) is 11.8 Å². The summed E-state index contributed by atoms with van der Waals surface area (Å²) in [6.07, 6.45) is 3.42. The van der Waals surface area contributed by atoms with E-state index >= 15 is 0 Å². The zero-order valence-corrected chi connectivity index (χ0v) is 14.4. The maximum Gasteiger partial charge on any atom is 0.0155 e. The molecule has 0 aromatic rings. The van der Waals surface area contributed by atoms with E-state index in [-0.39, 0.29) is 0 Å². The van der Waals surface area contributed by atoms with Gasteiger partial charge in [0.2, 0.25) is 0 Å². The molecule has 0 aromatic heterocycles. The minimum absolute atomic E-state index is 0.385. The molecule has 0 aromatic carbocycles. The smallest absolute Gasteiger partial charge is 0.0155 e. The molecule has 0 rings (SSSR count). The highest BCUT2D eigenvalue weighted by atomic mass is 32.2. The molecule has 2 atom stereocenters. The standard InChI is InChI=1S/C15H34N2S/c1-8-15(5,11-16-9-13(2)3)12-17(6)14(4)10-18-7/h13-14,16H,8-12H2,1-7H3. The van der Waals surface area contributed by atoms with Crippen LogP contribution in [-0.2, 0) is 0 Å². The fourth-order valence-electron chi connectivity index (χ4n) is 2.08. The minimum atomic E-state index is 0.385. The van der Waals surface area contributed by atoms with Gasteiger partial charge in [-0.05, 0) is 44.5 Å². The molecule has 18 heavy (non-hydrogen) atoms. The molecule has 0 bridgehead atoms. The van der Waals surface area contributed by atoms with Crippen LogP contribution >= 0.6 is 11.8 Å². The van der Waals surface area contributed by atoms with E-state index in [2.05, 4.69) is 58.1 Å². The number of rotatable bonds is 10. The number of thioether (sulfide) groups is 1. The Kier molecular flexibility index (Phi) is 9.36. The molecular weight excluding hydrogens is 240 g/mol. The monoisotopic (exact) mass is 274 g/mol. The Hall–Kier alpha value is 0.270. The maximum atomic E-state index is 3.62. The van der Waals surface area contributed by atoms with E-state index in [0.29, 0.717) is 11.5 Å². The van der Waals surface area contributed by atoms with Gasteiger partial charge in [0.25, 0.3) is 0 Å². The highest BCUT2D eigenvalue weighted by molar-refractivity contribution is 7.98. The molecule has 0 spiro atoms. The molecule has 3 heteroatoms. The Balaban J connectivity index is 4.19. The van der Waals surface area contributed by atoms with Crippen molar-refractivity contribution in [2.24, 2.45) is 11.3 Å². The second kappa shape index (κ2) is 9.22. The van der Waals surface area contributed by atoms with Gasteiger partial charge in [-0.2, -0.15) is 11.8 Å². The summed E-state index contributed by atoms with van der Waals surface area (Å²) in [5, 5.41) is 3.62. The van der Waals surface area contributed by atoms with Gasteiger partial charge in [0.15, 0.2) is 0 Å². The molecule has 0 saturated heterocycles. The summed E-state index contributed by atoms with van der Waals surface area (Å²) in [4.78, 5) is 2.51. The van der Waals surface area contributed by atoms with E-state index in [4.69, 9.17) is 0 Å². The van der Waals surface area contributed by atoms with Gasteiger partial charge in [-0.1, -0.05) is 27.7 Å². The second-order valence-corrected chi connectivity index (χ2v) is 7.32. The maximum absolute atomic E-state index is 3.62. The summed E-state index contributed by atoms with van der Waals surface area (Å²) in [7, 11) is 2.26. The SMILES string of the molecule is CCC(C)(CNCC(C)C)CN(C)C(C)CSC. The molecule has 0 radical (unpaired) electrons. The van der Waals surface area contributed by atoms with Crippen molar-refractivity contribution in [3.63, 3.8) is 0 Å². The molecule has 1 N–H and O–H groups in total. The average molecular weight is 275 g/mol. The van der Waals surface area contributed by atoms with E-state index in [1.54, 1.807) is 0 Å². The fourth-order valence-corrected chi connectivity index (χ4v) is 2.82. The van der Waals surface area contributed by atoms with E-state index in [9.17, 15) is 0 Å². The van der Waals surface area contributed by atoms with Gasteiger partial charge in [0.1, 0.15) is 0 Å². The van der Waals surface area contributed by atoms with Gasteiger partial charge in [0, 0.05) is 24.9 Å². The lowest BCUT2D eigenvalue weighted by molar-refractivity contribution is 0.155. The first-order chi connectivity index (χ1) is 8.34. The summed E-state index contributed by atoms with van der Waals surface area (Å²) in [5.74, 6) is 1.95. The summed E-state index contributed by atoms with van der Waals surface area (Å²) >= 11 is 1.94. The van der Waals surface area contributed by atoms with Crippen LogP contribution in [0.25, 0.3) is 0 Å². The van der Waals surface area contributed by atoms with Crippen LogP contribution in [0, 0.1) is 11.3 Å². The summed E-state index contributed by atoms with van der Waals surface area (Å²) < 4.78 is 0. The van der Waals surface area contributed by atoms with Crippen LogP contribution in [0.15, 0.2) is 0 Å². The van der Waals surface area contributed by atoms with Gasteiger partial charge in [-0.15, -0.1) is 0 Å². The molecule has 2 unspecified atom stereocenters. The van der Waals surface area contributed by atoms with Crippen molar-refractivity contribution < 1.29 is 0 Å². The Morgan fingerprint density at radius 3 is 2.33 bits per heavy atom. The molecule has 0 heterocycles. The highest BCUT2D eigenvalue weighted by Crippen LogP contribution is 2.22. The molecular formula is C15H34N2S. The van der Waals surface area contributed by atoms with Crippen molar-refractivity contribution in [3.8, 4) is 0 Å². The zero-order valence-electron chi connectivity index (χ0n) is 13.5. The fraction of sp³-hybridized carbons (Fsp3) is 1.00. The van der Waals surface area contributed by atoms with Gasteiger partial charge < -0.3 is 10.2 Å². The first kappa shape index (κ1) is 18.3. The Labute approximate surface area is 119 Å². The van der Waals surface area contributed by atoms with E-state index in [0.717, 1.165) is 19.0 Å². The summed E-state index contributed by atoms with van der Waals surface area (Å²) in [6.45, 7) is 15.0. The van der Waals surface area contributed by atoms with Crippen LogP contribution in [0.5, 0.6) is 0 Å². The quantitative estimate of drug-likeness (QED) is 0.658. The van der Waals surface area contributed by atoms with Crippen molar-refractivity contribution in [3.05, 3.63) is 0 Å². The number of hydrogen-bond acceptors (Lipinski definition) is 3. The predicted octanol–water partition coefficient (Wildman–Crippen LogP) is 3.33. The summed E-state index contributed by atoms with van der Waals surface area (Å²) in [5.41, 5.74) is 0.385. The Bertz CT molecular complexity index is 209. The first-order valence-corrected chi connectivity index (χ1v) is 8.64. The number of nitrogens with one attached hydrogen (secondary N) is 1. The molecule has 0 saturated carbocycles. The molecule has 0 aliphatic heterocycles. The van der Waals surface area contributed by atoms with Crippen molar-refractivity contribution in [1.82, 2.24) is 10.2 Å². The lowest BCUT2D eigenvalue weighted by Crippen LogP contribution is -2.44. The largest absolute Gasteiger partial charge is 0.316 e. The third-order valence-corrected chi connectivity index (χ3v) is 4.57. The summed E-state index contributed by atoms with van der Waals surface area (Å²) in [6, 6.07) is 0.663. The normalized spacial score (nSPS) is 17.2. The lowest BCUT2D eigenvalue weighted by Gasteiger charge is -2.36. The van der Waals surface area contributed by atoms with E-state index < -0.39 is 0 Å². The molecule has 0 aliphatic carbocycles. The van der Waals surface area contributed by atoms with Crippen LogP contribution < -0.4 is 5.32 Å². The number of hydrogen-bond donors (Lipinski definition) is 1. The van der Waals surface area contributed by atoms with Crippen LogP contribution in [-0.4, -0.2) is 49.6 Å². The Morgan fingerprint density at radius 1 is 1.28 bits per heavy atom. The van der Waals surface area contributed by atoms with Crippen LogP contribution in [0.2, 0.25) is 0 Å². The third kappa shape index (κ3) is 7.65. The van der Waals surface area contributed by atoms with Gasteiger partial charge in [-0.25, -0.2) is 0 Å². The number of nitrogens with zero attached hydrogens (tertiary/aromatic N) is 1. The predicted molar refractivity (Wildman–Crippen MR) is 86.6 cm³/mol. The van der Waals surface area contributed by atoms with Crippen molar-refractivity contribution in [1.29, 1.82) is 0 Å². The zero-order chi connectivity index (χ0) is 14.2. The van der Waals surface area contributed by atoms with Gasteiger partial charge in [0.05, 0.1) is 0 Å². The lowest BCUT2D eigenvalue weighted by atomic mass is 9.86. The van der Waals surface area contributed by atoms with Crippen LogP contribution in [0.1, 0.15) is 41.0 Å². The van der Waals surface area contributed by atoms with Gasteiger partial charge >= 0.3 is 0 Å². The average Bonchev–Trinajstić information content (AvgIpc) is 2.28. The van der Waals surface area contributed by atoms with Crippen molar-refractivity contribution >= 4 is 11.8 Å². The Morgan fingerprint density at radius 2 is 1.89 bits per heavy atom. The third-order valence-electron chi connectivity index (χ3n) is 3.75. The molecule has 2 nitrogen and oxygen atoms in total. The highest BCUT2D eigenvalue weighted by Gasteiger charge is 2.25. The van der Waals surface area contributed by atoms with Crippen molar-refractivity contribution in [2.45, 2.75) is 47.1 Å². The van der Waals surface area contributed by atoms with E-state index in [1.165, 1.54) is 18.7 Å². The molecule has 110 valence electrons.